The van der Waals surface area contributed by atoms with E-state index in [1.54, 1.807) is 0 Å². The van der Waals surface area contributed by atoms with Crippen molar-refractivity contribution in [1.29, 1.82) is 0 Å². The minimum Gasteiger partial charge on any atom is -0.329 e. The highest BCUT2D eigenvalue weighted by molar-refractivity contribution is 7.09. The molecular weight excluding hydrogens is 240 g/mol. The van der Waals surface area contributed by atoms with Crippen LogP contribution in [0.4, 0.5) is 0 Å². The third-order valence-corrected chi connectivity index (χ3v) is 4.74. The molecule has 0 bridgehead atoms. The van der Waals surface area contributed by atoms with E-state index in [9.17, 15) is 0 Å². The first kappa shape index (κ1) is 14.0. The van der Waals surface area contributed by atoms with Gasteiger partial charge in [-0.3, -0.25) is 4.90 Å². The minimum absolute atomic E-state index is 0.152. The largest absolute Gasteiger partial charge is 0.329 e. The quantitative estimate of drug-likeness (QED) is 0.818. The molecule has 1 aliphatic rings. The molecule has 0 spiro atoms. The maximum atomic E-state index is 6.11. The Bertz CT molecular complexity index is 357. The van der Waals surface area contributed by atoms with Crippen LogP contribution in [0, 0.1) is 5.92 Å². The highest BCUT2D eigenvalue weighted by atomic mass is 32.1. The molecule has 0 radical (unpaired) electrons. The molecule has 2 N–H and O–H groups in total. The second-order valence-corrected chi connectivity index (χ2v) is 7.27. The van der Waals surface area contributed by atoms with Crippen LogP contribution >= 0.6 is 11.3 Å². The summed E-state index contributed by atoms with van der Waals surface area (Å²) in [5.41, 5.74) is 6.26. The van der Waals surface area contributed by atoms with Gasteiger partial charge in [-0.15, -0.1) is 11.3 Å². The second kappa shape index (κ2) is 5.72. The molecule has 1 atom stereocenters. The molecule has 0 saturated heterocycles. The molecule has 0 amide bonds. The normalized spacial score (nSPS) is 19.4. The van der Waals surface area contributed by atoms with E-state index >= 15 is 0 Å². The van der Waals surface area contributed by atoms with Gasteiger partial charge in [-0.1, -0.05) is 19.9 Å². The van der Waals surface area contributed by atoms with E-state index in [4.69, 9.17) is 5.73 Å². The van der Waals surface area contributed by atoms with Crippen LogP contribution in [0.2, 0.25) is 0 Å². The summed E-state index contributed by atoms with van der Waals surface area (Å²) in [5, 5.41) is 2.17. The molecule has 18 heavy (non-hydrogen) atoms. The summed E-state index contributed by atoms with van der Waals surface area (Å²) in [7, 11) is 0. The Morgan fingerprint density at radius 3 is 2.67 bits per heavy atom. The molecule has 2 nitrogen and oxygen atoms in total. The third kappa shape index (κ3) is 3.34. The number of hydrogen-bond donors (Lipinski definition) is 1. The summed E-state index contributed by atoms with van der Waals surface area (Å²) in [4.78, 5) is 4.13. The van der Waals surface area contributed by atoms with Crippen LogP contribution in [0.3, 0.4) is 0 Å². The molecule has 1 heterocycles. The first-order chi connectivity index (χ1) is 8.55. The minimum atomic E-state index is 0.152. The number of thiophene rings is 1. The fourth-order valence-electron chi connectivity index (χ4n) is 2.91. The molecule has 0 aliphatic heterocycles. The SMILES string of the molecule is CC(C)CC(C)(CN)N(Cc1cccs1)C1CC1. The van der Waals surface area contributed by atoms with Gasteiger partial charge in [0.1, 0.15) is 0 Å². The molecule has 1 saturated carbocycles. The standard InChI is InChI=1S/C15H26N2S/c1-12(2)9-15(3,11-16)17(13-6-7-13)10-14-5-4-8-18-14/h4-5,8,12-13H,6-7,9-11,16H2,1-3H3. The maximum Gasteiger partial charge on any atom is 0.0336 e. The first-order valence-corrected chi connectivity index (χ1v) is 7.92. The summed E-state index contributed by atoms with van der Waals surface area (Å²) in [5.74, 6) is 0.697. The van der Waals surface area contributed by atoms with Crippen LogP contribution in [0.5, 0.6) is 0 Å². The van der Waals surface area contributed by atoms with Crippen LogP contribution in [-0.2, 0) is 6.54 Å². The average molecular weight is 266 g/mol. The van der Waals surface area contributed by atoms with Crippen molar-refractivity contribution in [3.63, 3.8) is 0 Å². The van der Waals surface area contributed by atoms with Crippen molar-refractivity contribution in [2.24, 2.45) is 11.7 Å². The van der Waals surface area contributed by atoms with Gasteiger partial charge in [0.2, 0.25) is 0 Å². The number of rotatable bonds is 7. The van der Waals surface area contributed by atoms with Crippen molar-refractivity contribution >= 4 is 11.3 Å². The van der Waals surface area contributed by atoms with Gasteiger partial charge in [0, 0.05) is 29.5 Å². The smallest absolute Gasteiger partial charge is 0.0336 e. The molecule has 0 aromatic carbocycles. The van der Waals surface area contributed by atoms with Crippen molar-refractivity contribution < 1.29 is 0 Å². The Morgan fingerprint density at radius 1 is 1.50 bits per heavy atom. The van der Waals surface area contributed by atoms with Crippen molar-refractivity contribution in [2.45, 2.75) is 58.2 Å². The zero-order valence-electron chi connectivity index (χ0n) is 11.9. The first-order valence-electron chi connectivity index (χ1n) is 7.04. The predicted octanol–water partition coefficient (Wildman–Crippen LogP) is 3.48. The third-order valence-electron chi connectivity index (χ3n) is 3.88. The molecule has 3 heteroatoms. The highest BCUT2D eigenvalue weighted by Gasteiger charge is 2.40. The molecular formula is C15H26N2S. The summed E-state index contributed by atoms with van der Waals surface area (Å²) in [6.45, 7) is 8.77. The fraction of sp³-hybridized carbons (Fsp3) is 0.733. The molecule has 1 aromatic rings. The van der Waals surface area contributed by atoms with Gasteiger partial charge in [-0.2, -0.15) is 0 Å². The molecule has 1 fully saturated rings. The van der Waals surface area contributed by atoms with Crippen molar-refractivity contribution in [2.75, 3.05) is 6.54 Å². The van der Waals surface area contributed by atoms with Crippen LogP contribution in [0.15, 0.2) is 17.5 Å². The zero-order chi connectivity index (χ0) is 13.2. The van der Waals surface area contributed by atoms with E-state index < -0.39 is 0 Å². The van der Waals surface area contributed by atoms with E-state index in [0.717, 1.165) is 19.1 Å². The van der Waals surface area contributed by atoms with Crippen molar-refractivity contribution in [3.05, 3.63) is 22.4 Å². The van der Waals surface area contributed by atoms with Gasteiger partial charge in [-0.05, 0) is 43.6 Å². The Labute approximate surface area is 115 Å². The Morgan fingerprint density at radius 2 is 2.22 bits per heavy atom. The summed E-state index contributed by atoms with van der Waals surface area (Å²) >= 11 is 1.86. The molecule has 1 aromatic heterocycles. The topological polar surface area (TPSA) is 29.3 Å². The number of nitrogens with zero attached hydrogens (tertiary/aromatic N) is 1. The highest BCUT2D eigenvalue weighted by Crippen LogP contribution is 2.37. The molecule has 102 valence electrons. The van der Waals surface area contributed by atoms with Crippen LogP contribution in [0.25, 0.3) is 0 Å². The van der Waals surface area contributed by atoms with E-state index in [1.807, 2.05) is 11.3 Å². The Kier molecular flexibility index (Phi) is 4.46. The zero-order valence-corrected chi connectivity index (χ0v) is 12.7. The van der Waals surface area contributed by atoms with Crippen LogP contribution in [-0.4, -0.2) is 23.0 Å². The lowest BCUT2D eigenvalue weighted by Crippen LogP contribution is -2.53. The Hall–Kier alpha value is -0.380. The van der Waals surface area contributed by atoms with E-state index in [2.05, 4.69) is 43.2 Å². The van der Waals surface area contributed by atoms with Crippen molar-refractivity contribution in [3.8, 4) is 0 Å². The summed E-state index contributed by atoms with van der Waals surface area (Å²) in [6, 6.07) is 5.15. The van der Waals surface area contributed by atoms with Gasteiger partial charge in [0.05, 0.1) is 0 Å². The summed E-state index contributed by atoms with van der Waals surface area (Å²) < 4.78 is 0. The van der Waals surface area contributed by atoms with Gasteiger partial charge >= 0.3 is 0 Å². The molecule has 1 aliphatic carbocycles. The number of hydrogen-bond acceptors (Lipinski definition) is 3. The predicted molar refractivity (Wildman–Crippen MR) is 79.8 cm³/mol. The van der Waals surface area contributed by atoms with E-state index in [-0.39, 0.29) is 5.54 Å². The van der Waals surface area contributed by atoms with Crippen LogP contribution < -0.4 is 5.73 Å². The lowest BCUT2D eigenvalue weighted by molar-refractivity contribution is 0.0732. The van der Waals surface area contributed by atoms with Crippen LogP contribution in [0.1, 0.15) is 44.9 Å². The molecule has 1 unspecified atom stereocenters. The fourth-order valence-corrected chi connectivity index (χ4v) is 3.62. The van der Waals surface area contributed by atoms with Gasteiger partial charge < -0.3 is 5.73 Å². The Balaban J connectivity index is 2.11. The summed E-state index contributed by atoms with van der Waals surface area (Å²) in [6.07, 6.45) is 3.88. The average Bonchev–Trinajstić information content (AvgIpc) is 3.02. The van der Waals surface area contributed by atoms with Gasteiger partial charge in [-0.25, -0.2) is 0 Å². The monoisotopic (exact) mass is 266 g/mol. The van der Waals surface area contributed by atoms with Crippen molar-refractivity contribution in [1.82, 2.24) is 4.90 Å². The molecule has 2 rings (SSSR count). The lowest BCUT2D eigenvalue weighted by atomic mass is 9.88. The van der Waals surface area contributed by atoms with E-state index in [0.29, 0.717) is 5.92 Å². The second-order valence-electron chi connectivity index (χ2n) is 6.24. The number of nitrogens with two attached hydrogens (primary N) is 1. The van der Waals surface area contributed by atoms with E-state index in [1.165, 1.54) is 24.1 Å². The maximum absolute atomic E-state index is 6.11. The van der Waals surface area contributed by atoms with Gasteiger partial charge in [0.25, 0.3) is 0 Å². The van der Waals surface area contributed by atoms with Gasteiger partial charge in [0.15, 0.2) is 0 Å². The lowest BCUT2D eigenvalue weighted by Gasteiger charge is -2.42.